The van der Waals surface area contributed by atoms with E-state index in [4.69, 9.17) is 9.47 Å². The predicted octanol–water partition coefficient (Wildman–Crippen LogP) is 4.28. The number of hydrogen-bond acceptors (Lipinski definition) is 5. The van der Waals surface area contributed by atoms with E-state index < -0.39 is 0 Å². The van der Waals surface area contributed by atoms with Crippen LogP contribution in [0.5, 0.6) is 11.5 Å². The number of rotatable bonds is 13. The monoisotopic (exact) mass is 472 g/mol. The summed E-state index contributed by atoms with van der Waals surface area (Å²) >= 11 is 0. The zero-order valence-corrected chi connectivity index (χ0v) is 21.6. The quantitative estimate of drug-likeness (QED) is 0.454. The van der Waals surface area contributed by atoms with Gasteiger partial charge in [0, 0.05) is 25.6 Å². The molecule has 8 heteroatoms. The molecule has 0 spiro atoms. The van der Waals surface area contributed by atoms with Gasteiger partial charge in [-0.05, 0) is 42.9 Å². The zero-order valence-electron chi connectivity index (χ0n) is 21.6. The molecule has 1 unspecified atom stereocenters. The summed E-state index contributed by atoms with van der Waals surface area (Å²) in [6.45, 7) is 11.6. The second-order valence-electron chi connectivity index (χ2n) is 9.38. The van der Waals surface area contributed by atoms with Gasteiger partial charge in [-0.2, -0.15) is 5.10 Å². The Morgan fingerprint density at radius 1 is 1.06 bits per heavy atom. The lowest BCUT2D eigenvalue weighted by molar-refractivity contribution is -0.121. The normalized spacial score (nSPS) is 12.0. The summed E-state index contributed by atoms with van der Waals surface area (Å²) in [4.78, 5) is 25.6. The maximum absolute atomic E-state index is 13.2. The predicted molar refractivity (Wildman–Crippen MR) is 134 cm³/mol. The van der Waals surface area contributed by atoms with Crippen LogP contribution in [0.25, 0.3) is 11.3 Å². The third kappa shape index (κ3) is 7.50. The summed E-state index contributed by atoms with van der Waals surface area (Å²) in [5.74, 6) is 1.56. The molecule has 34 heavy (non-hydrogen) atoms. The van der Waals surface area contributed by atoms with E-state index in [1.165, 1.54) is 0 Å². The highest BCUT2D eigenvalue weighted by molar-refractivity contribution is 5.94. The molecule has 0 aliphatic carbocycles. The van der Waals surface area contributed by atoms with Crippen LogP contribution < -0.4 is 20.1 Å². The van der Waals surface area contributed by atoms with Crippen molar-refractivity contribution in [1.29, 1.82) is 0 Å². The van der Waals surface area contributed by atoms with Crippen LogP contribution in [-0.4, -0.2) is 48.4 Å². The van der Waals surface area contributed by atoms with E-state index in [0.717, 1.165) is 17.7 Å². The summed E-state index contributed by atoms with van der Waals surface area (Å²) in [6.07, 6.45) is 1.81. The van der Waals surface area contributed by atoms with Gasteiger partial charge >= 0.3 is 0 Å². The van der Waals surface area contributed by atoms with Crippen molar-refractivity contribution in [2.24, 2.45) is 11.8 Å². The van der Waals surface area contributed by atoms with Crippen molar-refractivity contribution >= 4 is 11.8 Å². The number of aromatic nitrogens is 2. The van der Waals surface area contributed by atoms with E-state index in [1.807, 2.05) is 29.8 Å². The fourth-order valence-electron chi connectivity index (χ4n) is 3.90. The Labute approximate surface area is 203 Å². The molecule has 2 N–H and O–H groups in total. The van der Waals surface area contributed by atoms with E-state index >= 15 is 0 Å². The van der Waals surface area contributed by atoms with Crippen molar-refractivity contribution in [2.45, 2.75) is 66.5 Å². The van der Waals surface area contributed by atoms with Gasteiger partial charge in [0.1, 0.15) is 11.5 Å². The standard InChI is InChI=1S/C26H40N4O4/c1-8-12-27-24(31)14-19(13-17(2)3)28-26(32)20-15-21(30(29-20)16-18(4)5)25-22(33-6)10-9-11-23(25)34-7/h9-11,15,17-19H,8,12-14,16H2,1-7H3,(H,27,31)(H,28,32). The Morgan fingerprint density at radius 2 is 1.71 bits per heavy atom. The highest BCUT2D eigenvalue weighted by Crippen LogP contribution is 2.38. The van der Waals surface area contributed by atoms with Crippen LogP contribution in [0.15, 0.2) is 24.3 Å². The van der Waals surface area contributed by atoms with Gasteiger partial charge in [-0.1, -0.05) is 40.7 Å². The van der Waals surface area contributed by atoms with Gasteiger partial charge in [0.2, 0.25) is 5.91 Å². The highest BCUT2D eigenvalue weighted by Gasteiger charge is 2.24. The fourth-order valence-corrected chi connectivity index (χ4v) is 3.90. The number of methoxy groups -OCH3 is 2. The van der Waals surface area contributed by atoms with Gasteiger partial charge < -0.3 is 20.1 Å². The van der Waals surface area contributed by atoms with Crippen molar-refractivity contribution in [3.8, 4) is 22.8 Å². The number of carbonyl (C=O) groups excluding carboxylic acids is 2. The van der Waals surface area contributed by atoms with E-state index in [2.05, 4.69) is 43.4 Å². The van der Waals surface area contributed by atoms with E-state index in [1.54, 1.807) is 20.3 Å². The number of carbonyl (C=O) groups is 2. The molecule has 8 nitrogen and oxygen atoms in total. The van der Waals surface area contributed by atoms with Crippen LogP contribution in [0.3, 0.4) is 0 Å². The molecule has 0 saturated heterocycles. The molecule has 2 rings (SSSR count). The summed E-state index contributed by atoms with van der Waals surface area (Å²) in [5, 5.41) is 10.6. The second kappa shape index (κ2) is 13.0. The molecule has 0 aliphatic heterocycles. The molecule has 2 aromatic rings. The van der Waals surface area contributed by atoms with Gasteiger partial charge in [-0.15, -0.1) is 0 Å². The Hall–Kier alpha value is -3.03. The van der Waals surface area contributed by atoms with E-state index in [9.17, 15) is 9.59 Å². The van der Waals surface area contributed by atoms with Crippen LogP contribution in [0.4, 0.5) is 0 Å². The number of nitrogens with zero attached hydrogens (tertiary/aromatic N) is 2. The molecular weight excluding hydrogens is 432 g/mol. The molecule has 0 fully saturated rings. The first kappa shape index (κ1) is 27.2. The van der Waals surface area contributed by atoms with E-state index in [0.29, 0.717) is 48.5 Å². The number of benzene rings is 1. The average Bonchev–Trinajstić information content (AvgIpc) is 3.19. The topological polar surface area (TPSA) is 94.5 Å². The second-order valence-corrected chi connectivity index (χ2v) is 9.38. The molecule has 1 aromatic heterocycles. The van der Waals surface area contributed by atoms with Crippen LogP contribution >= 0.6 is 0 Å². The van der Waals surface area contributed by atoms with Crippen LogP contribution in [0.2, 0.25) is 0 Å². The van der Waals surface area contributed by atoms with Gasteiger partial charge in [0.15, 0.2) is 5.69 Å². The Kier molecular flexibility index (Phi) is 10.4. The summed E-state index contributed by atoms with van der Waals surface area (Å²) in [6, 6.07) is 7.07. The molecule has 0 bridgehead atoms. The maximum Gasteiger partial charge on any atom is 0.272 e. The number of amides is 2. The van der Waals surface area contributed by atoms with Crippen LogP contribution in [0.1, 0.15) is 64.4 Å². The lowest BCUT2D eigenvalue weighted by Crippen LogP contribution is -2.40. The lowest BCUT2D eigenvalue weighted by Gasteiger charge is -2.20. The first-order valence-corrected chi connectivity index (χ1v) is 12.1. The minimum Gasteiger partial charge on any atom is -0.496 e. The minimum absolute atomic E-state index is 0.0578. The number of ether oxygens (including phenoxy) is 2. The zero-order chi connectivity index (χ0) is 25.3. The first-order chi connectivity index (χ1) is 16.2. The SMILES string of the molecule is CCCNC(=O)CC(CC(C)C)NC(=O)c1cc(-c2c(OC)cccc2OC)n(CC(C)C)n1. The van der Waals surface area contributed by atoms with Crippen molar-refractivity contribution in [1.82, 2.24) is 20.4 Å². The fraction of sp³-hybridized carbons (Fsp3) is 0.577. The summed E-state index contributed by atoms with van der Waals surface area (Å²) in [7, 11) is 3.21. The third-order valence-electron chi connectivity index (χ3n) is 5.33. The first-order valence-electron chi connectivity index (χ1n) is 12.1. The van der Waals surface area contributed by atoms with Gasteiger partial charge in [0.25, 0.3) is 5.91 Å². The summed E-state index contributed by atoms with van der Waals surface area (Å²) < 4.78 is 13.0. The lowest BCUT2D eigenvalue weighted by atomic mass is 10.0. The van der Waals surface area contributed by atoms with Crippen molar-refractivity contribution in [3.63, 3.8) is 0 Å². The Bertz CT molecular complexity index is 930. The molecule has 0 radical (unpaired) electrons. The number of hydrogen-bond donors (Lipinski definition) is 2. The minimum atomic E-state index is -0.299. The third-order valence-corrected chi connectivity index (χ3v) is 5.33. The molecule has 0 aliphatic rings. The molecule has 1 atom stereocenters. The van der Waals surface area contributed by atoms with Crippen molar-refractivity contribution in [3.05, 3.63) is 30.0 Å². The van der Waals surface area contributed by atoms with E-state index in [-0.39, 0.29) is 24.3 Å². The highest BCUT2D eigenvalue weighted by atomic mass is 16.5. The van der Waals surface area contributed by atoms with Gasteiger partial charge in [0.05, 0.1) is 25.5 Å². The van der Waals surface area contributed by atoms with Gasteiger partial charge in [-0.25, -0.2) is 0 Å². The largest absolute Gasteiger partial charge is 0.496 e. The van der Waals surface area contributed by atoms with Gasteiger partial charge in [-0.3, -0.25) is 14.3 Å². The number of nitrogens with one attached hydrogen (secondary N) is 2. The summed E-state index contributed by atoms with van der Waals surface area (Å²) in [5.41, 5.74) is 1.79. The van der Waals surface area contributed by atoms with Crippen LogP contribution in [0, 0.1) is 11.8 Å². The smallest absolute Gasteiger partial charge is 0.272 e. The molecule has 188 valence electrons. The van der Waals surface area contributed by atoms with Crippen molar-refractivity contribution in [2.75, 3.05) is 20.8 Å². The average molecular weight is 473 g/mol. The molecule has 0 saturated carbocycles. The Morgan fingerprint density at radius 3 is 2.24 bits per heavy atom. The molecular formula is C26H40N4O4. The molecule has 2 amide bonds. The van der Waals surface area contributed by atoms with Crippen LogP contribution in [-0.2, 0) is 11.3 Å². The molecule has 1 heterocycles. The Balaban J connectivity index is 2.39. The molecule has 1 aromatic carbocycles. The van der Waals surface area contributed by atoms with Crippen molar-refractivity contribution < 1.29 is 19.1 Å². The maximum atomic E-state index is 13.2.